The van der Waals surface area contributed by atoms with Gasteiger partial charge in [-0.25, -0.2) is 0 Å². The standard InChI is InChI=1S/C6H6BrClN2/c7-4-1-2-6(10-9)5(8)3-4/h1-3,10H,9H2. The highest BCUT2D eigenvalue weighted by atomic mass is 79.9. The van der Waals surface area contributed by atoms with Crippen molar-refractivity contribution in [1.82, 2.24) is 0 Å². The van der Waals surface area contributed by atoms with Crippen molar-refractivity contribution in [2.45, 2.75) is 0 Å². The van der Waals surface area contributed by atoms with Crippen LogP contribution in [-0.2, 0) is 0 Å². The summed E-state index contributed by atoms with van der Waals surface area (Å²) in [7, 11) is 0. The van der Waals surface area contributed by atoms with Crippen LogP contribution in [0.15, 0.2) is 22.7 Å². The summed E-state index contributed by atoms with van der Waals surface area (Å²) in [5.74, 6) is 5.15. The van der Waals surface area contributed by atoms with Crippen molar-refractivity contribution in [3.63, 3.8) is 0 Å². The third kappa shape index (κ3) is 1.62. The Morgan fingerprint density at radius 3 is 2.70 bits per heavy atom. The van der Waals surface area contributed by atoms with Crippen LogP contribution < -0.4 is 11.3 Å². The monoisotopic (exact) mass is 220 g/mol. The van der Waals surface area contributed by atoms with E-state index in [-0.39, 0.29) is 0 Å². The van der Waals surface area contributed by atoms with Crippen LogP contribution in [0.5, 0.6) is 0 Å². The molecule has 10 heavy (non-hydrogen) atoms. The number of benzene rings is 1. The molecule has 0 amide bonds. The third-order valence-electron chi connectivity index (χ3n) is 1.09. The normalized spacial score (nSPS) is 9.50. The summed E-state index contributed by atoms with van der Waals surface area (Å²) in [5, 5.41) is 0.608. The van der Waals surface area contributed by atoms with E-state index in [0.29, 0.717) is 5.02 Å². The molecule has 0 aliphatic heterocycles. The highest BCUT2D eigenvalue weighted by Crippen LogP contribution is 2.24. The van der Waals surface area contributed by atoms with Crippen LogP contribution in [0.1, 0.15) is 0 Å². The summed E-state index contributed by atoms with van der Waals surface area (Å²) < 4.78 is 0.941. The van der Waals surface area contributed by atoms with Crippen molar-refractivity contribution in [2.24, 2.45) is 5.84 Å². The maximum atomic E-state index is 5.76. The van der Waals surface area contributed by atoms with Gasteiger partial charge in [0.2, 0.25) is 0 Å². The molecule has 0 saturated heterocycles. The zero-order valence-corrected chi connectivity index (χ0v) is 7.41. The Morgan fingerprint density at radius 2 is 2.20 bits per heavy atom. The zero-order valence-electron chi connectivity index (χ0n) is 5.07. The summed E-state index contributed by atoms with van der Waals surface area (Å²) >= 11 is 9.03. The van der Waals surface area contributed by atoms with Crippen molar-refractivity contribution in [3.05, 3.63) is 27.7 Å². The summed E-state index contributed by atoms with van der Waals surface area (Å²) in [4.78, 5) is 0. The molecule has 2 nitrogen and oxygen atoms in total. The van der Waals surface area contributed by atoms with Gasteiger partial charge in [-0.05, 0) is 18.2 Å². The van der Waals surface area contributed by atoms with Gasteiger partial charge in [0.05, 0.1) is 10.7 Å². The van der Waals surface area contributed by atoms with Gasteiger partial charge in [-0.3, -0.25) is 5.84 Å². The summed E-state index contributed by atoms with van der Waals surface area (Å²) in [6.07, 6.45) is 0. The second kappa shape index (κ2) is 3.23. The van der Waals surface area contributed by atoms with E-state index in [9.17, 15) is 0 Å². The molecular weight excluding hydrogens is 215 g/mol. The molecule has 3 N–H and O–H groups in total. The maximum absolute atomic E-state index is 5.76. The van der Waals surface area contributed by atoms with E-state index in [1.165, 1.54) is 0 Å². The number of hydrazine groups is 1. The molecule has 4 heteroatoms. The molecule has 0 spiro atoms. The number of halogens is 2. The fraction of sp³-hybridized carbons (Fsp3) is 0. The first-order chi connectivity index (χ1) is 4.74. The molecule has 1 rings (SSSR count). The SMILES string of the molecule is NNc1ccc(Br)cc1Cl. The Balaban J connectivity index is 3.07. The van der Waals surface area contributed by atoms with E-state index >= 15 is 0 Å². The fourth-order valence-corrected chi connectivity index (χ4v) is 1.33. The molecule has 0 unspecified atom stereocenters. The lowest BCUT2D eigenvalue weighted by Gasteiger charge is -2.01. The Kier molecular flexibility index (Phi) is 2.54. The van der Waals surface area contributed by atoms with Gasteiger partial charge in [0.25, 0.3) is 0 Å². The Labute approximate surface area is 72.5 Å². The van der Waals surface area contributed by atoms with E-state index < -0.39 is 0 Å². The second-order valence-corrected chi connectivity index (χ2v) is 3.09. The fourth-order valence-electron chi connectivity index (χ4n) is 0.607. The second-order valence-electron chi connectivity index (χ2n) is 1.77. The van der Waals surface area contributed by atoms with Gasteiger partial charge >= 0.3 is 0 Å². The number of hydrogen-bond donors (Lipinski definition) is 2. The van der Waals surface area contributed by atoms with Gasteiger partial charge in [0.15, 0.2) is 0 Å². The van der Waals surface area contributed by atoms with Crippen molar-refractivity contribution in [3.8, 4) is 0 Å². The highest BCUT2D eigenvalue weighted by Gasteiger charge is 1.96. The highest BCUT2D eigenvalue weighted by molar-refractivity contribution is 9.10. The molecule has 1 aromatic carbocycles. The van der Waals surface area contributed by atoms with E-state index in [0.717, 1.165) is 10.2 Å². The van der Waals surface area contributed by atoms with Crippen LogP contribution in [0.2, 0.25) is 5.02 Å². The van der Waals surface area contributed by atoms with Crippen LogP contribution in [0, 0.1) is 0 Å². The molecule has 0 bridgehead atoms. The largest absolute Gasteiger partial charge is 0.323 e. The Bertz CT molecular complexity index is 239. The summed E-state index contributed by atoms with van der Waals surface area (Å²) in [6, 6.07) is 5.43. The number of nitrogen functional groups attached to an aromatic ring is 1. The molecule has 0 fully saturated rings. The van der Waals surface area contributed by atoms with Crippen LogP contribution in [0.25, 0.3) is 0 Å². The molecule has 0 saturated carbocycles. The quantitative estimate of drug-likeness (QED) is 0.564. The third-order valence-corrected chi connectivity index (χ3v) is 1.89. The lowest BCUT2D eigenvalue weighted by molar-refractivity contribution is 1.35. The Hall–Kier alpha value is -0.250. The molecule has 0 aliphatic carbocycles. The number of anilines is 1. The van der Waals surface area contributed by atoms with Crippen LogP contribution in [0.3, 0.4) is 0 Å². The average Bonchev–Trinajstić information content (AvgIpc) is 1.88. The summed E-state index contributed by atoms with van der Waals surface area (Å²) in [6.45, 7) is 0. The lowest BCUT2D eigenvalue weighted by Crippen LogP contribution is -2.06. The van der Waals surface area contributed by atoms with Crippen LogP contribution in [-0.4, -0.2) is 0 Å². The first kappa shape index (κ1) is 7.85. The maximum Gasteiger partial charge on any atom is 0.0672 e. The van der Waals surface area contributed by atoms with Gasteiger partial charge in [0, 0.05) is 4.47 Å². The smallest absolute Gasteiger partial charge is 0.0672 e. The molecule has 0 atom stereocenters. The predicted octanol–water partition coefficient (Wildman–Crippen LogP) is 2.39. The zero-order chi connectivity index (χ0) is 7.56. The van der Waals surface area contributed by atoms with Gasteiger partial charge in [0.1, 0.15) is 0 Å². The minimum absolute atomic E-state index is 0.608. The molecule has 54 valence electrons. The van der Waals surface area contributed by atoms with Crippen molar-refractivity contribution in [1.29, 1.82) is 0 Å². The van der Waals surface area contributed by atoms with Gasteiger partial charge in [-0.1, -0.05) is 27.5 Å². The van der Waals surface area contributed by atoms with Gasteiger partial charge < -0.3 is 5.43 Å². The van der Waals surface area contributed by atoms with Crippen molar-refractivity contribution >= 4 is 33.2 Å². The number of nitrogens with one attached hydrogen (secondary N) is 1. The van der Waals surface area contributed by atoms with E-state index in [1.807, 2.05) is 6.07 Å². The van der Waals surface area contributed by atoms with E-state index in [2.05, 4.69) is 21.4 Å². The molecule has 0 aromatic heterocycles. The molecule has 0 heterocycles. The van der Waals surface area contributed by atoms with E-state index in [1.54, 1.807) is 12.1 Å². The number of rotatable bonds is 1. The van der Waals surface area contributed by atoms with Crippen LogP contribution in [0.4, 0.5) is 5.69 Å². The molecule has 0 aliphatic rings. The van der Waals surface area contributed by atoms with Crippen LogP contribution >= 0.6 is 27.5 Å². The first-order valence-electron chi connectivity index (χ1n) is 2.65. The first-order valence-corrected chi connectivity index (χ1v) is 3.83. The Morgan fingerprint density at radius 1 is 1.50 bits per heavy atom. The van der Waals surface area contributed by atoms with Crippen molar-refractivity contribution < 1.29 is 0 Å². The van der Waals surface area contributed by atoms with Crippen molar-refractivity contribution in [2.75, 3.05) is 5.43 Å². The topological polar surface area (TPSA) is 38.0 Å². The summed E-state index contributed by atoms with van der Waals surface area (Å²) in [5.41, 5.74) is 3.20. The minimum Gasteiger partial charge on any atom is -0.323 e. The average molecular weight is 221 g/mol. The number of hydrogen-bond acceptors (Lipinski definition) is 2. The predicted molar refractivity (Wildman–Crippen MR) is 47.0 cm³/mol. The minimum atomic E-state index is 0.608. The molecular formula is C6H6BrClN2. The lowest BCUT2D eigenvalue weighted by atomic mass is 10.3. The number of nitrogens with two attached hydrogens (primary N) is 1. The van der Waals surface area contributed by atoms with Gasteiger partial charge in [-0.15, -0.1) is 0 Å². The molecule has 0 radical (unpaired) electrons. The van der Waals surface area contributed by atoms with Gasteiger partial charge in [-0.2, -0.15) is 0 Å². The van der Waals surface area contributed by atoms with E-state index in [4.69, 9.17) is 17.4 Å². The molecule has 1 aromatic rings.